The van der Waals surface area contributed by atoms with E-state index in [-0.39, 0.29) is 17.5 Å². The van der Waals surface area contributed by atoms with Crippen LogP contribution in [0.3, 0.4) is 0 Å². The number of carbonyl (C=O) groups is 2. The molecule has 1 atom stereocenters. The van der Waals surface area contributed by atoms with Gasteiger partial charge in [0.15, 0.2) is 11.6 Å². The van der Waals surface area contributed by atoms with Gasteiger partial charge in [0, 0.05) is 28.7 Å². The van der Waals surface area contributed by atoms with E-state index >= 15 is 0 Å². The lowest BCUT2D eigenvalue weighted by Crippen LogP contribution is -2.37. The van der Waals surface area contributed by atoms with E-state index in [9.17, 15) is 14.0 Å². The van der Waals surface area contributed by atoms with Gasteiger partial charge in [0.05, 0.1) is 4.21 Å². The molecule has 6 heteroatoms. The van der Waals surface area contributed by atoms with Gasteiger partial charge in [-0.15, -0.1) is 23.1 Å². The molecule has 0 bridgehead atoms. The van der Waals surface area contributed by atoms with Gasteiger partial charge in [0.25, 0.3) is 0 Å². The highest BCUT2D eigenvalue weighted by Gasteiger charge is 2.28. The molecule has 1 aromatic heterocycles. The predicted octanol–water partition coefficient (Wildman–Crippen LogP) is 5.31. The summed E-state index contributed by atoms with van der Waals surface area (Å²) in [5.74, 6) is 0.175. The van der Waals surface area contributed by atoms with Crippen LogP contribution in [0.1, 0.15) is 52.8 Å². The van der Waals surface area contributed by atoms with Crippen molar-refractivity contribution >= 4 is 34.7 Å². The molecule has 2 aliphatic heterocycles. The lowest BCUT2D eigenvalue weighted by Gasteiger charge is -2.31. The second-order valence-corrected chi connectivity index (χ2v) is 10.1. The van der Waals surface area contributed by atoms with Crippen molar-refractivity contribution in [2.45, 2.75) is 41.6 Å². The number of thiophene rings is 1. The third-order valence-electron chi connectivity index (χ3n) is 5.70. The molecular formula is C22H24FNO2S2. The van der Waals surface area contributed by atoms with Crippen LogP contribution >= 0.6 is 23.1 Å². The van der Waals surface area contributed by atoms with Crippen molar-refractivity contribution in [3.05, 3.63) is 52.7 Å². The zero-order chi connectivity index (χ0) is 19.5. The Balaban J connectivity index is 1.19. The summed E-state index contributed by atoms with van der Waals surface area (Å²) in [6.07, 6.45) is 4.53. The first kappa shape index (κ1) is 19.8. The summed E-state index contributed by atoms with van der Waals surface area (Å²) in [6.45, 7) is 2.90. The Morgan fingerprint density at radius 2 is 1.89 bits per heavy atom. The average Bonchev–Trinajstić information content (AvgIpc) is 3.18. The van der Waals surface area contributed by atoms with Crippen molar-refractivity contribution in [1.82, 2.24) is 4.90 Å². The monoisotopic (exact) mass is 417 g/mol. The number of thioether (sulfide) groups is 1. The van der Waals surface area contributed by atoms with E-state index in [0.29, 0.717) is 23.0 Å². The Morgan fingerprint density at radius 1 is 1.14 bits per heavy atom. The first-order chi connectivity index (χ1) is 13.6. The Labute approximate surface area is 173 Å². The van der Waals surface area contributed by atoms with Gasteiger partial charge in [-0.2, -0.15) is 0 Å². The molecular weight excluding hydrogens is 393 g/mol. The minimum absolute atomic E-state index is 0.0467. The molecule has 0 amide bonds. The number of halogens is 1. The Kier molecular flexibility index (Phi) is 6.28. The van der Waals surface area contributed by atoms with Gasteiger partial charge in [-0.25, -0.2) is 4.39 Å². The van der Waals surface area contributed by atoms with Crippen molar-refractivity contribution in [1.29, 1.82) is 0 Å². The molecule has 0 saturated carbocycles. The molecule has 1 aromatic carbocycles. The Morgan fingerprint density at radius 3 is 2.64 bits per heavy atom. The fourth-order valence-corrected chi connectivity index (χ4v) is 6.64. The molecule has 2 aliphatic rings. The number of fused-ring (bicyclic) bond motifs is 1. The number of piperidine rings is 1. The highest BCUT2D eigenvalue weighted by Crippen LogP contribution is 2.40. The van der Waals surface area contributed by atoms with Gasteiger partial charge in [0.1, 0.15) is 5.82 Å². The van der Waals surface area contributed by atoms with Gasteiger partial charge in [-0.05, 0) is 81.0 Å². The molecule has 0 radical (unpaired) electrons. The number of Topliss-reactive ketones (excluding diaryl/α,β-unsaturated/α-hetero) is 2. The largest absolute Gasteiger partial charge is 0.303 e. The maximum atomic E-state index is 13.0. The zero-order valence-corrected chi connectivity index (χ0v) is 17.4. The van der Waals surface area contributed by atoms with Crippen LogP contribution in [0, 0.1) is 11.7 Å². The third-order valence-corrected chi connectivity index (χ3v) is 8.16. The second-order valence-electron chi connectivity index (χ2n) is 7.62. The molecule has 0 N–H and O–H groups in total. The minimum Gasteiger partial charge on any atom is -0.303 e. The first-order valence-electron chi connectivity index (χ1n) is 9.89. The molecule has 2 aromatic rings. The molecule has 0 spiro atoms. The van der Waals surface area contributed by atoms with Crippen molar-refractivity contribution < 1.29 is 14.0 Å². The number of benzene rings is 1. The number of nitrogens with zero attached hydrogens (tertiary/aromatic N) is 1. The molecule has 148 valence electrons. The number of likely N-dealkylation sites (tertiary alicyclic amines) is 1. The molecule has 28 heavy (non-hydrogen) atoms. The molecule has 3 heterocycles. The van der Waals surface area contributed by atoms with Crippen LogP contribution in [0.25, 0.3) is 0 Å². The van der Waals surface area contributed by atoms with E-state index in [0.717, 1.165) is 50.9 Å². The lowest BCUT2D eigenvalue weighted by atomic mass is 9.89. The van der Waals surface area contributed by atoms with Crippen molar-refractivity contribution in [2.75, 3.05) is 19.6 Å². The standard InChI is InChI=1S/C22H24FNO2S2/c23-17-5-3-15(4-6-17)21(26)16-7-11-24(12-8-16)10-1-2-18-14-20(25)19-9-13-27-22(19)28-18/h3-6,9,13,16,18H,1-2,7-8,10-12,14H2. The summed E-state index contributed by atoms with van der Waals surface area (Å²) in [5.41, 5.74) is 1.53. The van der Waals surface area contributed by atoms with Gasteiger partial charge in [0.2, 0.25) is 0 Å². The third kappa shape index (κ3) is 4.56. The van der Waals surface area contributed by atoms with Crippen LogP contribution < -0.4 is 0 Å². The van der Waals surface area contributed by atoms with Gasteiger partial charge >= 0.3 is 0 Å². The number of carbonyl (C=O) groups excluding carboxylic acids is 2. The van der Waals surface area contributed by atoms with Crippen molar-refractivity contribution in [3.63, 3.8) is 0 Å². The normalized spacial score (nSPS) is 20.9. The molecule has 1 saturated heterocycles. The van der Waals surface area contributed by atoms with Crippen LogP contribution in [-0.4, -0.2) is 41.4 Å². The lowest BCUT2D eigenvalue weighted by molar-refractivity contribution is 0.0839. The smallest absolute Gasteiger partial charge is 0.166 e. The molecule has 1 unspecified atom stereocenters. The number of ketones is 2. The summed E-state index contributed by atoms with van der Waals surface area (Å²) in [7, 11) is 0. The Bertz CT molecular complexity index is 840. The van der Waals surface area contributed by atoms with Crippen molar-refractivity contribution in [3.8, 4) is 0 Å². The van der Waals surface area contributed by atoms with E-state index in [1.165, 1.54) is 16.3 Å². The van der Waals surface area contributed by atoms with Crippen LogP contribution in [0.5, 0.6) is 0 Å². The number of rotatable bonds is 6. The van der Waals surface area contributed by atoms with Gasteiger partial charge < -0.3 is 4.90 Å². The fourth-order valence-electron chi connectivity index (χ4n) is 4.08. The summed E-state index contributed by atoms with van der Waals surface area (Å²) < 4.78 is 14.2. The zero-order valence-electron chi connectivity index (χ0n) is 15.7. The number of hydrogen-bond acceptors (Lipinski definition) is 5. The van der Waals surface area contributed by atoms with Crippen LogP contribution in [0.4, 0.5) is 4.39 Å². The van der Waals surface area contributed by atoms with Crippen molar-refractivity contribution in [2.24, 2.45) is 5.92 Å². The Hall–Kier alpha value is -1.50. The maximum absolute atomic E-state index is 13.0. The average molecular weight is 418 g/mol. The highest BCUT2D eigenvalue weighted by atomic mass is 32.2. The highest BCUT2D eigenvalue weighted by molar-refractivity contribution is 8.01. The summed E-state index contributed by atoms with van der Waals surface area (Å²) in [6, 6.07) is 7.84. The first-order valence-corrected chi connectivity index (χ1v) is 11.7. The van der Waals surface area contributed by atoms with E-state index < -0.39 is 0 Å². The summed E-state index contributed by atoms with van der Waals surface area (Å²) >= 11 is 3.54. The van der Waals surface area contributed by atoms with E-state index in [4.69, 9.17) is 0 Å². The van der Waals surface area contributed by atoms with Gasteiger partial charge in [-0.3, -0.25) is 9.59 Å². The molecule has 0 aliphatic carbocycles. The fraction of sp³-hybridized carbons (Fsp3) is 0.455. The summed E-state index contributed by atoms with van der Waals surface area (Å²) in [5, 5.41) is 2.41. The van der Waals surface area contributed by atoms with E-state index in [1.54, 1.807) is 23.5 Å². The van der Waals surface area contributed by atoms with Crippen LogP contribution in [0.2, 0.25) is 0 Å². The maximum Gasteiger partial charge on any atom is 0.166 e. The molecule has 3 nitrogen and oxygen atoms in total. The summed E-state index contributed by atoms with van der Waals surface area (Å²) in [4.78, 5) is 27.2. The SMILES string of the molecule is O=C1CC(CCCN2CCC(C(=O)c3ccc(F)cc3)CC2)Sc2sccc21. The molecule has 4 rings (SSSR count). The predicted molar refractivity (Wildman–Crippen MR) is 112 cm³/mol. The second kappa shape index (κ2) is 8.89. The molecule has 1 fully saturated rings. The van der Waals surface area contributed by atoms with Crippen LogP contribution in [-0.2, 0) is 0 Å². The number of hydrogen-bond donors (Lipinski definition) is 0. The van der Waals surface area contributed by atoms with Crippen LogP contribution in [0.15, 0.2) is 39.9 Å². The van der Waals surface area contributed by atoms with E-state index in [2.05, 4.69) is 4.90 Å². The van der Waals surface area contributed by atoms with Gasteiger partial charge in [-0.1, -0.05) is 0 Å². The minimum atomic E-state index is -0.306. The topological polar surface area (TPSA) is 37.4 Å². The van der Waals surface area contributed by atoms with E-state index in [1.807, 2.05) is 23.2 Å². The quantitative estimate of drug-likeness (QED) is 0.597.